The lowest BCUT2D eigenvalue weighted by Gasteiger charge is -2.35. The standard InChI is InChI=1S/C48H68N20O9/c1-64-17-28(51-21-64)7-11-49-46-60-42(36-44(62-46)67(23-53-36)32-15-30(38(73)40(32)75)58-34(71)19-69)55-25-3-5-26(6-4-25)57-48(77)66-13-9-27(10-14-66)56-43-37-45(63-47(61-43)50-12-8-29-18-65(2)22-52-29)68(24-54-37)33-16-31(39(74)41(33)76)59-35(72)20-70/h17-18,21-27,30-33,38-41,69-70,73-76H,3-16,19-20H2,1-2H3,(H,57,77)(H,58,71)(H,59,72)(H2,49,55,60,62)(H2,50,56,61,63)/t25?,26?,30-,31-,32+,33+,38+,39+,40-,41-/m0/s1. The number of piperidine rings is 1. The van der Waals surface area contributed by atoms with Gasteiger partial charge in [-0.2, -0.15) is 19.9 Å². The summed E-state index contributed by atoms with van der Waals surface area (Å²) >= 11 is 0. The summed E-state index contributed by atoms with van der Waals surface area (Å²) in [6.07, 6.45) is 11.1. The molecule has 3 saturated carbocycles. The molecule has 77 heavy (non-hydrogen) atoms. The molecule has 6 aromatic heterocycles. The second-order valence-electron chi connectivity index (χ2n) is 20.6. The van der Waals surface area contributed by atoms with Gasteiger partial charge in [0.2, 0.25) is 23.7 Å². The highest BCUT2D eigenvalue weighted by Crippen LogP contribution is 2.37. The van der Waals surface area contributed by atoms with Crippen molar-refractivity contribution in [1.29, 1.82) is 0 Å². The summed E-state index contributed by atoms with van der Waals surface area (Å²) in [5, 5.41) is 84.7. The fourth-order valence-electron chi connectivity index (χ4n) is 11.1. The van der Waals surface area contributed by atoms with Gasteiger partial charge in [0, 0.05) is 83.6 Å². The van der Waals surface area contributed by atoms with Gasteiger partial charge in [0.05, 0.1) is 60.9 Å². The van der Waals surface area contributed by atoms with Crippen LogP contribution in [0.15, 0.2) is 37.7 Å². The molecule has 3 aliphatic carbocycles. The smallest absolute Gasteiger partial charge is 0.317 e. The first-order valence-electron chi connectivity index (χ1n) is 26.2. The first-order chi connectivity index (χ1) is 37.2. The number of likely N-dealkylation sites (tertiary alicyclic amines) is 1. The number of fused-ring (bicyclic) bond motifs is 2. The molecule has 0 spiro atoms. The number of imidazole rings is 4. The fraction of sp³-hybridized carbons (Fsp3) is 0.604. The molecule has 0 unspecified atom stereocenters. The Bertz CT molecular complexity index is 3020. The second kappa shape index (κ2) is 23.1. The number of urea groups is 1. The molecule has 4 aliphatic rings. The maximum Gasteiger partial charge on any atom is 0.317 e. The highest BCUT2D eigenvalue weighted by Gasteiger charge is 2.45. The first-order valence-corrected chi connectivity index (χ1v) is 26.2. The average molecular weight is 1070 g/mol. The van der Waals surface area contributed by atoms with Crippen molar-refractivity contribution in [3.63, 3.8) is 0 Å². The summed E-state index contributed by atoms with van der Waals surface area (Å²) in [7, 11) is 3.81. The third kappa shape index (κ3) is 11.8. The lowest BCUT2D eigenvalue weighted by Crippen LogP contribution is -2.50. The van der Waals surface area contributed by atoms with E-state index in [9.17, 15) is 45.0 Å². The van der Waals surface area contributed by atoms with E-state index in [1.165, 1.54) is 0 Å². The van der Waals surface area contributed by atoms with E-state index in [-0.39, 0.29) is 37.0 Å². The number of carbonyl (C=O) groups is 3. The van der Waals surface area contributed by atoms with E-state index in [2.05, 4.69) is 57.2 Å². The zero-order valence-electron chi connectivity index (χ0n) is 42.9. The number of amides is 4. The van der Waals surface area contributed by atoms with Crippen molar-refractivity contribution in [2.24, 2.45) is 14.1 Å². The van der Waals surface area contributed by atoms with Crippen LogP contribution in [0, 0.1) is 0 Å². The van der Waals surface area contributed by atoms with Crippen LogP contribution in [0.25, 0.3) is 22.3 Å². The summed E-state index contributed by atoms with van der Waals surface area (Å²) < 4.78 is 7.13. The van der Waals surface area contributed by atoms with Gasteiger partial charge < -0.3 is 91.0 Å². The van der Waals surface area contributed by atoms with Crippen molar-refractivity contribution < 1.29 is 45.0 Å². The highest BCUT2D eigenvalue weighted by molar-refractivity contribution is 5.86. The molecule has 414 valence electrons. The van der Waals surface area contributed by atoms with Crippen molar-refractivity contribution in [2.75, 3.05) is 60.7 Å². The van der Waals surface area contributed by atoms with Gasteiger partial charge in [-0.3, -0.25) is 9.59 Å². The van der Waals surface area contributed by atoms with Crippen LogP contribution in [0.5, 0.6) is 0 Å². The third-order valence-electron chi connectivity index (χ3n) is 15.2. The Morgan fingerprint density at radius 1 is 0.558 bits per heavy atom. The van der Waals surface area contributed by atoms with E-state index in [4.69, 9.17) is 19.9 Å². The molecule has 29 heteroatoms. The molecule has 8 atom stereocenters. The maximum atomic E-state index is 13.8. The minimum Gasteiger partial charge on any atom is -0.388 e. The third-order valence-corrected chi connectivity index (χ3v) is 15.2. The number of aliphatic hydroxyl groups excluding tert-OH is 6. The molecule has 0 radical (unpaired) electrons. The number of nitrogens with zero attached hydrogens (tertiary/aromatic N) is 13. The molecular weight excluding hydrogens is 1000 g/mol. The van der Waals surface area contributed by atoms with E-state index in [0.717, 1.165) is 37.1 Å². The van der Waals surface area contributed by atoms with Gasteiger partial charge in [-0.1, -0.05) is 0 Å². The molecule has 10 rings (SSSR count). The van der Waals surface area contributed by atoms with Crippen LogP contribution in [-0.4, -0.2) is 206 Å². The van der Waals surface area contributed by atoms with Crippen LogP contribution < -0.4 is 37.2 Å². The number of aromatic nitrogens is 12. The zero-order valence-corrected chi connectivity index (χ0v) is 42.9. The average Bonchev–Trinajstić information content (AvgIpc) is 4.37. The predicted octanol–water partition coefficient (Wildman–Crippen LogP) is -1.96. The van der Waals surface area contributed by atoms with Crippen LogP contribution in [-0.2, 0) is 36.5 Å². The lowest BCUT2D eigenvalue weighted by atomic mass is 9.91. The molecule has 0 bridgehead atoms. The van der Waals surface area contributed by atoms with Gasteiger partial charge in [-0.25, -0.2) is 24.7 Å². The Morgan fingerprint density at radius 2 is 1.00 bits per heavy atom. The van der Waals surface area contributed by atoms with Crippen LogP contribution in [0.3, 0.4) is 0 Å². The van der Waals surface area contributed by atoms with E-state index in [0.29, 0.717) is 97.7 Å². The predicted molar refractivity (Wildman–Crippen MR) is 277 cm³/mol. The van der Waals surface area contributed by atoms with Gasteiger partial charge >= 0.3 is 6.03 Å². The molecular formula is C48H68N20O9. The van der Waals surface area contributed by atoms with Crippen molar-refractivity contribution in [2.45, 2.75) is 131 Å². The monoisotopic (exact) mass is 1070 g/mol. The van der Waals surface area contributed by atoms with Crippen LogP contribution in [0.4, 0.5) is 28.3 Å². The van der Waals surface area contributed by atoms with Crippen LogP contribution in [0.1, 0.15) is 74.8 Å². The van der Waals surface area contributed by atoms with E-state index in [1.807, 2.05) is 40.5 Å². The zero-order chi connectivity index (χ0) is 53.9. The van der Waals surface area contributed by atoms with E-state index >= 15 is 0 Å². The quantitative estimate of drug-likeness (QED) is 0.0419. The minimum atomic E-state index is -1.28. The molecule has 6 aromatic rings. The summed E-state index contributed by atoms with van der Waals surface area (Å²) in [6.45, 7) is 0.459. The molecule has 1 saturated heterocycles. The number of hydrogen-bond acceptors (Lipinski definition) is 21. The van der Waals surface area contributed by atoms with Crippen molar-refractivity contribution in [3.05, 3.63) is 49.1 Å². The molecule has 29 nitrogen and oxygen atoms in total. The van der Waals surface area contributed by atoms with Gasteiger partial charge in [0.25, 0.3) is 0 Å². The van der Waals surface area contributed by atoms with E-state index < -0.39 is 73.6 Å². The number of hydrogen-bond donors (Lipinski definition) is 13. The molecule has 4 fully saturated rings. The molecule has 4 amide bonds. The number of rotatable bonds is 19. The fourth-order valence-corrected chi connectivity index (χ4v) is 11.1. The number of aliphatic hydroxyl groups is 6. The first kappa shape index (κ1) is 53.1. The molecule has 0 aromatic carbocycles. The van der Waals surface area contributed by atoms with E-state index in [1.54, 1.807) is 34.4 Å². The molecule has 7 heterocycles. The Labute approximate surface area is 441 Å². The minimum absolute atomic E-state index is 0.00547. The van der Waals surface area contributed by atoms with Gasteiger partial charge in [0.1, 0.15) is 37.6 Å². The summed E-state index contributed by atoms with van der Waals surface area (Å²) in [6, 6.07) is -3.21. The van der Waals surface area contributed by atoms with Gasteiger partial charge in [0.15, 0.2) is 34.0 Å². The number of aryl methyl sites for hydroxylation is 2. The topological polar surface area (TPSA) is 383 Å². The Kier molecular flexibility index (Phi) is 15.9. The summed E-state index contributed by atoms with van der Waals surface area (Å²) in [5.74, 6) is 0.293. The second-order valence-corrected chi connectivity index (χ2v) is 20.6. The Hall–Kier alpha value is -7.31. The number of nitrogens with one attached hydrogen (secondary N) is 7. The Balaban J connectivity index is 0.760. The van der Waals surface area contributed by atoms with Gasteiger partial charge in [-0.15, -0.1) is 0 Å². The number of anilines is 4. The van der Waals surface area contributed by atoms with Gasteiger partial charge in [-0.05, 0) is 51.4 Å². The lowest BCUT2D eigenvalue weighted by molar-refractivity contribution is -0.126. The van der Waals surface area contributed by atoms with Crippen LogP contribution >= 0.6 is 0 Å². The van der Waals surface area contributed by atoms with Crippen LogP contribution in [0.2, 0.25) is 0 Å². The largest absolute Gasteiger partial charge is 0.388 e. The van der Waals surface area contributed by atoms with Crippen molar-refractivity contribution >= 4 is 63.7 Å². The SMILES string of the molecule is Cn1cnc(CCNc2nc(NC3CCC(NC(=O)N4CCC(Nc5nc(NCCc6cn(C)cn6)nc6c5ncn6[C@@H]5C[C@H](NC(=O)CO)[C@@H](O)[C@H]5O)CC4)CC3)c3ncn([C@@H]4C[C@H](NC(=O)CO)[C@@H](O)[C@H]4O)c3n2)c1. The summed E-state index contributed by atoms with van der Waals surface area (Å²) in [5.41, 5.74) is 3.54. The molecule has 1 aliphatic heterocycles. The highest BCUT2D eigenvalue weighted by atomic mass is 16.3. The summed E-state index contributed by atoms with van der Waals surface area (Å²) in [4.78, 5) is 77.0. The maximum absolute atomic E-state index is 13.8. The van der Waals surface area contributed by atoms with Crippen molar-refractivity contribution in [3.8, 4) is 0 Å². The number of carbonyl (C=O) groups excluding carboxylic acids is 3. The molecule has 13 N–H and O–H groups in total. The normalized spacial score (nSPS) is 25.8. The Morgan fingerprint density at radius 3 is 1.43 bits per heavy atom. The van der Waals surface area contributed by atoms with Crippen molar-refractivity contribution in [1.82, 2.24) is 79.0 Å².